The second-order valence-electron chi connectivity index (χ2n) is 6.07. The summed E-state index contributed by atoms with van der Waals surface area (Å²) in [4.78, 5) is 0. The molecule has 0 heterocycles. The van der Waals surface area contributed by atoms with Gasteiger partial charge in [0.2, 0.25) is 0 Å². The molecule has 3 nitrogen and oxygen atoms in total. The molecule has 0 radical (unpaired) electrons. The van der Waals surface area contributed by atoms with Gasteiger partial charge in [-0.15, -0.1) is 0 Å². The van der Waals surface area contributed by atoms with Crippen LogP contribution in [0.2, 0.25) is 0 Å². The Kier molecular flexibility index (Phi) is 4.26. The van der Waals surface area contributed by atoms with Crippen LogP contribution < -0.4 is 14.8 Å². The first-order valence-electron chi connectivity index (χ1n) is 7.80. The predicted octanol–water partition coefficient (Wildman–Crippen LogP) is 3.61. The molecule has 0 spiro atoms. The molecule has 2 aromatic rings. The number of nitrogens with one attached hydrogen (secondary N) is 1. The Hall–Kier alpha value is -2.07. The lowest BCUT2D eigenvalue weighted by atomic mass is 9.99. The lowest BCUT2D eigenvalue weighted by molar-refractivity contribution is 0.0227. The third kappa shape index (κ3) is 2.91. The average Bonchev–Trinajstić information content (AvgIpc) is 2.81. The summed E-state index contributed by atoms with van der Waals surface area (Å²) in [5, 5.41) is 2.96. The van der Waals surface area contributed by atoms with E-state index in [-0.39, 0.29) is 6.54 Å². The molecule has 2 atom stereocenters. The van der Waals surface area contributed by atoms with Crippen molar-refractivity contribution in [2.24, 2.45) is 0 Å². The lowest BCUT2D eigenvalue weighted by Crippen LogP contribution is -2.41. The molecule has 0 saturated heterocycles. The third-order valence-corrected chi connectivity index (χ3v) is 4.40. The minimum Gasteiger partial charge on any atom is -0.497 e. The standard InChI is InChI=1S/C19H22FNO2/c1-13-6-4-5-7-17(13)23-18-16-10-15(22-3)9-8-14(16)11-19(18,20)12-21-2/h4-10,18,21H,11-12H2,1-3H3. The summed E-state index contributed by atoms with van der Waals surface area (Å²) in [6.07, 6.45) is -0.315. The van der Waals surface area contributed by atoms with Gasteiger partial charge >= 0.3 is 0 Å². The van der Waals surface area contributed by atoms with Crippen LogP contribution in [0.5, 0.6) is 11.5 Å². The summed E-state index contributed by atoms with van der Waals surface area (Å²) in [5.41, 5.74) is 1.36. The van der Waals surface area contributed by atoms with Crippen molar-refractivity contribution in [3.8, 4) is 11.5 Å². The summed E-state index contributed by atoms with van der Waals surface area (Å²) < 4.78 is 27.0. The van der Waals surface area contributed by atoms with Crippen LogP contribution in [0.25, 0.3) is 0 Å². The third-order valence-electron chi connectivity index (χ3n) is 4.40. The van der Waals surface area contributed by atoms with Gasteiger partial charge in [0.05, 0.1) is 7.11 Å². The van der Waals surface area contributed by atoms with Crippen molar-refractivity contribution in [1.29, 1.82) is 0 Å². The number of fused-ring (bicyclic) bond motifs is 1. The molecular weight excluding hydrogens is 293 g/mol. The van der Waals surface area contributed by atoms with Crippen molar-refractivity contribution in [2.75, 3.05) is 20.7 Å². The smallest absolute Gasteiger partial charge is 0.168 e. The van der Waals surface area contributed by atoms with Gasteiger partial charge in [-0.1, -0.05) is 24.3 Å². The fraction of sp³-hybridized carbons (Fsp3) is 0.368. The first kappa shape index (κ1) is 15.8. The van der Waals surface area contributed by atoms with Gasteiger partial charge in [0.15, 0.2) is 11.8 Å². The number of halogens is 1. The maximum Gasteiger partial charge on any atom is 0.168 e. The molecule has 0 fully saturated rings. The van der Waals surface area contributed by atoms with Crippen molar-refractivity contribution in [3.05, 3.63) is 59.2 Å². The zero-order chi connectivity index (χ0) is 16.4. The van der Waals surface area contributed by atoms with E-state index in [9.17, 15) is 0 Å². The fourth-order valence-corrected chi connectivity index (χ4v) is 3.23. The molecule has 0 aliphatic heterocycles. The molecule has 1 aliphatic carbocycles. The minimum atomic E-state index is -1.48. The summed E-state index contributed by atoms with van der Waals surface area (Å²) in [7, 11) is 3.37. The van der Waals surface area contributed by atoms with Crippen molar-refractivity contribution >= 4 is 0 Å². The number of aryl methyl sites for hydroxylation is 1. The first-order chi connectivity index (χ1) is 11.1. The van der Waals surface area contributed by atoms with Gasteiger partial charge in [0.1, 0.15) is 11.5 Å². The van der Waals surface area contributed by atoms with Gasteiger partial charge in [-0.05, 0) is 43.3 Å². The van der Waals surface area contributed by atoms with Crippen LogP contribution in [0.3, 0.4) is 0 Å². The van der Waals surface area contributed by atoms with E-state index < -0.39 is 11.8 Å². The van der Waals surface area contributed by atoms with E-state index in [4.69, 9.17) is 9.47 Å². The van der Waals surface area contributed by atoms with Crippen LogP contribution in [0.15, 0.2) is 42.5 Å². The van der Waals surface area contributed by atoms with Crippen LogP contribution >= 0.6 is 0 Å². The van der Waals surface area contributed by atoms with Crippen LogP contribution in [0, 0.1) is 6.92 Å². The van der Waals surface area contributed by atoms with Crippen molar-refractivity contribution in [2.45, 2.75) is 25.1 Å². The largest absolute Gasteiger partial charge is 0.497 e. The second kappa shape index (κ2) is 6.20. The van der Waals surface area contributed by atoms with E-state index in [0.717, 1.165) is 22.4 Å². The fourth-order valence-electron chi connectivity index (χ4n) is 3.23. The maximum atomic E-state index is 15.6. The quantitative estimate of drug-likeness (QED) is 0.914. The molecule has 122 valence electrons. The zero-order valence-corrected chi connectivity index (χ0v) is 13.7. The van der Waals surface area contributed by atoms with Crippen LogP contribution in [-0.2, 0) is 6.42 Å². The minimum absolute atomic E-state index is 0.237. The number of methoxy groups -OCH3 is 1. The van der Waals surface area contributed by atoms with Gasteiger partial charge < -0.3 is 14.8 Å². The Morgan fingerprint density at radius 2 is 2.04 bits per heavy atom. The van der Waals surface area contributed by atoms with Crippen molar-refractivity contribution < 1.29 is 13.9 Å². The van der Waals surface area contributed by atoms with Gasteiger partial charge in [-0.2, -0.15) is 0 Å². The molecular formula is C19H22FNO2. The SMILES string of the molecule is CNCC1(F)Cc2ccc(OC)cc2C1Oc1ccccc1C. The van der Waals surface area contributed by atoms with Crippen LogP contribution in [0.1, 0.15) is 22.8 Å². The van der Waals surface area contributed by atoms with E-state index >= 15 is 4.39 Å². The number of ether oxygens (including phenoxy) is 2. The highest BCUT2D eigenvalue weighted by atomic mass is 19.1. The van der Waals surface area contributed by atoms with Gasteiger partial charge in [-0.3, -0.25) is 0 Å². The van der Waals surface area contributed by atoms with Crippen LogP contribution in [-0.4, -0.2) is 26.4 Å². The highest BCUT2D eigenvalue weighted by Gasteiger charge is 2.48. The predicted molar refractivity (Wildman–Crippen MR) is 89.0 cm³/mol. The molecule has 0 bridgehead atoms. The molecule has 4 heteroatoms. The van der Waals surface area contributed by atoms with E-state index in [1.807, 2.05) is 49.4 Å². The van der Waals surface area contributed by atoms with E-state index in [0.29, 0.717) is 12.2 Å². The van der Waals surface area contributed by atoms with Gasteiger partial charge in [0, 0.05) is 18.5 Å². The number of hydrogen-bond acceptors (Lipinski definition) is 3. The number of benzene rings is 2. The van der Waals surface area contributed by atoms with Gasteiger partial charge in [-0.25, -0.2) is 4.39 Å². The highest BCUT2D eigenvalue weighted by Crippen LogP contribution is 2.46. The lowest BCUT2D eigenvalue weighted by Gasteiger charge is -2.29. The van der Waals surface area contributed by atoms with Gasteiger partial charge in [0.25, 0.3) is 0 Å². The molecule has 0 saturated carbocycles. The van der Waals surface area contributed by atoms with E-state index in [2.05, 4.69) is 5.32 Å². The van der Waals surface area contributed by atoms with E-state index in [1.54, 1.807) is 14.2 Å². The summed E-state index contributed by atoms with van der Waals surface area (Å²) in [6, 6.07) is 13.4. The Bertz CT molecular complexity index is 704. The number of hydrogen-bond donors (Lipinski definition) is 1. The molecule has 0 aromatic heterocycles. The monoisotopic (exact) mass is 315 g/mol. The molecule has 2 aromatic carbocycles. The van der Waals surface area contributed by atoms with Crippen molar-refractivity contribution in [3.63, 3.8) is 0 Å². The highest BCUT2D eigenvalue weighted by molar-refractivity contribution is 5.45. The molecule has 23 heavy (non-hydrogen) atoms. The summed E-state index contributed by atoms with van der Waals surface area (Å²) >= 11 is 0. The average molecular weight is 315 g/mol. The first-order valence-corrected chi connectivity index (χ1v) is 7.80. The Labute approximate surface area is 136 Å². The topological polar surface area (TPSA) is 30.5 Å². The zero-order valence-electron chi connectivity index (χ0n) is 13.7. The number of rotatable bonds is 5. The summed E-state index contributed by atoms with van der Waals surface area (Å²) in [6.45, 7) is 2.20. The number of alkyl halides is 1. The Balaban J connectivity index is 2.01. The van der Waals surface area contributed by atoms with Crippen molar-refractivity contribution in [1.82, 2.24) is 5.32 Å². The molecule has 1 aliphatic rings. The molecule has 3 rings (SSSR count). The molecule has 2 unspecified atom stereocenters. The Morgan fingerprint density at radius 3 is 2.74 bits per heavy atom. The van der Waals surface area contributed by atoms with E-state index in [1.165, 1.54) is 0 Å². The molecule has 0 amide bonds. The number of para-hydroxylation sites is 1. The normalized spacial score (nSPS) is 22.7. The van der Waals surface area contributed by atoms with Crippen LogP contribution in [0.4, 0.5) is 4.39 Å². The second-order valence-corrected chi connectivity index (χ2v) is 6.07. The summed E-state index contributed by atoms with van der Waals surface area (Å²) in [5.74, 6) is 1.43. The maximum absolute atomic E-state index is 15.6. The Morgan fingerprint density at radius 1 is 1.26 bits per heavy atom. The molecule has 1 N–H and O–H groups in total.